The molecule has 1 aromatic rings. The summed E-state index contributed by atoms with van der Waals surface area (Å²) in [4.78, 5) is 2.16. The average molecular weight is 268 g/mol. The lowest BCUT2D eigenvalue weighted by Gasteiger charge is -2.26. The maximum absolute atomic E-state index is 11.5. The lowest BCUT2D eigenvalue weighted by atomic mass is 10.2. The van der Waals surface area contributed by atoms with Gasteiger partial charge in [0.1, 0.15) is 0 Å². The first-order valence-corrected chi connectivity index (χ1v) is 8.09. The largest absolute Gasteiger partial charge is 0.375 e. The fourth-order valence-electron chi connectivity index (χ4n) is 2.21. The summed E-state index contributed by atoms with van der Waals surface area (Å²) in [6.07, 6.45) is 0.852. The second-order valence-electron chi connectivity index (χ2n) is 4.81. The molecule has 1 atom stereocenters. The van der Waals surface area contributed by atoms with Gasteiger partial charge in [-0.25, -0.2) is 8.42 Å². The minimum atomic E-state index is -2.83. The molecule has 1 aromatic carbocycles. The van der Waals surface area contributed by atoms with Crippen molar-refractivity contribution in [1.82, 2.24) is 5.32 Å². The van der Waals surface area contributed by atoms with Crippen molar-refractivity contribution in [1.29, 1.82) is 0 Å². The predicted octanol–water partition coefficient (Wildman–Crippen LogP) is 0.900. The first-order chi connectivity index (χ1) is 8.57. The van der Waals surface area contributed by atoms with E-state index in [0.717, 1.165) is 18.7 Å². The molecular formula is C13H20N2O2S. The summed E-state index contributed by atoms with van der Waals surface area (Å²) < 4.78 is 23.0. The maximum Gasteiger partial charge on any atom is 0.153 e. The van der Waals surface area contributed by atoms with Gasteiger partial charge in [-0.2, -0.15) is 0 Å². The molecule has 5 heteroatoms. The van der Waals surface area contributed by atoms with Gasteiger partial charge in [-0.3, -0.25) is 0 Å². The smallest absolute Gasteiger partial charge is 0.153 e. The van der Waals surface area contributed by atoms with Gasteiger partial charge >= 0.3 is 0 Å². The van der Waals surface area contributed by atoms with Gasteiger partial charge < -0.3 is 10.2 Å². The highest BCUT2D eigenvalue weighted by Gasteiger charge is 2.23. The summed E-state index contributed by atoms with van der Waals surface area (Å²) in [5, 5.41) is 3.28. The monoisotopic (exact) mass is 268 g/mol. The molecule has 1 saturated heterocycles. The van der Waals surface area contributed by atoms with Gasteiger partial charge in [0.25, 0.3) is 0 Å². The summed E-state index contributed by atoms with van der Waals surface area (Å²) in [5.74, 6) is 0.549. The van der Waals surface area contributed by atoms with E-state index in [4.69, 9.17) is 0 Å². The molecule has 0 aliphatic carbocycles. The Morgan fingerprint density at radius 1 is 1.33 bits per heavy atom. The summed E-state index contributed by atoms with van der Waals surface area (Å²) in [7, 11) is -0.791. The number of hydrogen-bond acceptors (Lipinski definition) is 4. The van der Waals surface area contributed by atoms with E-state index in [2.05, 4.69) is 22.3 Å². The summed E-state index contributed by atoms with van der Waals surface area (Å²) >= 11 is 0. The topological polar surface area (TPSA) is 49.4 Å². The molecule has 1 aliphatic rings. The van der Waals surface area contributed by atoms with E-state index >= 15 is 0 Å². The average Bonchev–Trinajstić information content (AvgIpc) is 2.36. The van der Waals surface area contributed by atoms with Crippen LogP contribution in [0.1, 0.15) is 6.42 Å². The number of anilines is 1. The Kier molecular flexibility index (Phi) is 4.24. The van der Waals surface area contributed by atoms with E-state index in [-0.39, 0.29) is 17.5 Å². The van der Waals surface area contributed by atoms with E-state index in [1.807, 2.05) is 25.2 Å². The normalized spacial score (nSPS) is 22.6. The van der Waals surface area contributed by atoms with Crippen molar-refractivity contribution in [2.24, 2.45) is 0 Å². The Labute approximate surface area is 109 Å². The number of nitrogens with one attached hydrogen (secondary N) is 1. The molecule has 2 rings (SSSR count). The Bertz CT molecular complexity index is 473. The molecule has 0 aromatic heterocycles. The molecule has 1 fully saturated rings. The number of sulfone groups is 1. The molecule has 0 spiro atoms. The minimum absolute atomic E-state index is 0.0925. The first kappa shape index (κ1) is 13.4. The molecule has 1 aliphatic heterocycles. The Hall–Kier alpha value is -1.07. The molecule has 0 amide bonds. The van der Waals surface area contributed by atoms with Gasteiger partial charge in [-0.1, -0.05) is 18.2 Å². The van der Waals surface area contributed by atoms with E-state index in [0.29, 0.717) is 6.54 Å². The second-order valence-corrected chi connectivity index (χ2v) is 7.04. The molecule has 0 radical (unpaired) electrons. The van der Waals surface area contributed by atoms with Crippen molar-refractivity contribution >= 4 is 15.5 Å². The Morgan fingerprint density at radius 2 is 2.06 bits per heavy atom. The van der Waals surface area contributed by atoms with Gasteiger partial charge in [0, 0.05) is 31.9 Å². The lowest BCUT2D eigenvalue weighted by molar-refractivity contribution is 0.496. The quantitative estimate of drug-likeness (QED) is 0.881. The summed E-state index contributed by atoms with van der Waals surface area (Å²) in [6, 6.07) is 10.2. The zero-order valence-corrected chi connectivity index (χ0v) is 11.5. The molecule has 18 heavy (non-hydrogen) atoms. The molecular weight excluding hydrogens is 248 g/mol. The predicted molar refractivity (Wildman–Crippen MR) is 74.8 cm³/mol. The van der Waals surface area contributed by atoms with E-state index < -0.39 is 9.84 Å². The van der Waals surface area contributed by atoms with E-state index in [1.165, 1.54) is 0 Å². The van der Waals surface area contributed by atoms with Crippen LogP contribution >= 0.6 is 0 Å². The van der Waals surface area contributed by atoms with Crippen LogP contribution < -0.4 is 10.2 Å². The summed E-state index contributed by atoms with van der Waals surface area (Å²) in [5.41, 5.74) is 1.16. The van der Waals surface area contributed by atoms with Crippen molar-refractivity contribution in [2.45, 2.75) is 12.5 Å². The fraction of sp³-hybridized carbons (Fsp3) is 0.538. The Morgan fingerprint density at radius 3 is 2.72 bits per heavy atom. The third-order valence-corrected chi connectivity index (χ3v) is 5.05. The highest BCUT2D eigenvalue weighted by atomic mass is 32.2. The van der Waals surface area contributed by atoms with Crippen LogP contribution in [0.2, 0.25) is 0 Å². The lowest BCUT2D eigenvalue weighted by Crippen LogP contribution is -2.46. The van der Waals surface area contributed by atoms with E-state index in [9.17, 15) is 8.42 Å². The van der Waals surface area contributed by atoms with Crippen molar-refractivity contribution in [2.75, 3.05) is 36.5 Å². The molecule has 0 saturated carbocycles. The van der Waals surface area contributed by atoms with Crippen LogP contribution in [0.5, 0.6) is 0 Å². The van der Waals surface area contributed by atoms with Crippen LogP contribution in [0.3, 0.4) is 0 Å². The summed E-state index contributed by atoms with van der Waals surface area (Å²) in [6.45, 7) is 1.44. The zero-order valence-electron chi connectivity index (χ0n) is 10.7. The van der Waals surface area contributed by atoms with Crippen molar-refractivity contribution in [3.8, 4) is 0 Å². The van der Waals surface area contributed by atoms with E-state index in [1.54, 1.807) is 0 Å². The van der Waals surface area contributed by atoms with Crippen molar-refractivity contribution in [3.63, 3.8) is 0 Å². The zero-order chi connectivity index (χ0) is 13.0. The molecule has 1 unspecified atom stereocenters. The van der Waals surface area contributed by atoms with Crippen molar-refractivity contribution in [3.05, 3.63) is 30.3 Å². The van der Waals surface area contributed by atoms with Gasteiger partial charge in [-0.15, -0.1) is 0 Å². The van der Waals surface area contributed by atoms with Crippen LogP contribution in [0.4, 0.5) is 5.69 Å². The molecule has 4 nitrogen and oxygen atoms in total. The third kappa shape index (κ3) is 3.71. The van der Waals surface area contributed by atoms with Crippen LogP contribution in [0, 0.1) is 0 Å². The minimum Gasteiger partial charge on any atom is -0.375 e. The number of benzene rings is 1. The highest BCUT2D eigenvalue weighted by Crippen LogP contribution is 2.13. The van der Waals surface area contributed by atoms with Crippen LogP contribution in [0.25, 0.3) is 0 Å². The van der Waals surface area contributed by atoms with Gasteiger partial charge in [0.2, 0.25) is 0 Å². The van der Waals surface area contributed by atoms with Gasteiger partial charge in [0.05, 0.1) is 11.5 Å². The number of nitrogens with zero attached hydrogens (tertiary/aromatic N) is 1. The molecule has 0 bridgehead atoms. The van der Waals surface area contributed by atoms with Crippen LogP contribution in [-0.4, -0.2) is 46.1 Å². The SMILES string of the molecule is CN(CCC1CS(=O)(=O)CCN1)c1ccccc1. The number of hydrogen-bond donors (Lipinski definition) is 1. The highest BCUT2D eigenvalue weighted by molar-refractivity contribution is 7.91. The molecule has 1 N–H and O–H groups in total. The molecule has 100 valence electrons. The van der Waals surface area contributed by atoms with Crippen LogP contribution in [0.15, 0.2) is 30.3 Å². The first-order valence-electron chi connectivity index (χ1n) is 6.27. The Balaban J connectivity index is 1.85. The fourth-order valence-corrected chi connectivity index (χ4v) is 3.71. The number of para-hydroxylation sites is 1. The second kappa shape index (κ2) is 5.71. The van der Waals surface area contributed by atoms with Gasteiger partial charge in [-0.05, 0) is 18.6 Å². The van der Waals surface area contributed by atoms with Crippen LogP contribution in [-0.2, 0) is 9.84 Å². The van der Waals surface area contributed by atoms with Crippen molar-refractivity contribution < 1.29 is 8.42 Å². The standard InChI is InChI=1S/C13H20N2O2S/c1-15(13-5-3-2-4-6-13)9-7-12-11-18(16,17)10-8-14-12/h2-6,12,14H,7-11H2,1H3. The third-order valence-electron chi connectivity index (χ3n) is 3.31. The number of rotatable bonds is 4. The van der Waals surface area contributed by atoms with Gasteiger partial charge in [0.15, 0.2) is 9.84 Å². The molecule has 1 heterocycles. The maximum atomic E-state index is 11.5.